The fourth-order valence-corrected chi connectivity index (χ4v) is 2.11. The molecule has 0 saturated carbocycles. The molecule has 102 valence electrons. The maximum atomic E-state index is 13.7. The van der Waals surface area contributed by atoms with Gasteiger partial charge in [-0.3, -0.25) is 4.90 Å². The van der Waals surface area contributed by atoms with Gasteiger partial charge in [-0.2, -0.15) is 0 Å². The smallest absolute Gasteiger partial charge is 0.169 e. The van der Waals surface area contributed by atoms with Crippen LogP contribution in [0.15, 0.2) is 12.1 Å². The molecule has 0 aliphatic rings. The highest BCUT2D eigenvalue weighted by molar-refractivity contribution is 5.35. The molecule has 0 aromatic heterocycles. The number of hydrogen-bond acceptors (Lipinski definition) is 3. The summed E-state index contributed by atoms with van der Waals surface area (Å²) in [5.74, 6) is -2.75. The van der Waals surface area contributed by atoms with Crippen LogP contribution in [0, 0.1) is 11.6 Å². The zero-order chi connectivity index (χ0) is 14.0. The topological polar surface area (TPSA) is 43.7 Å². The van der Waals surface area contributed by atoms with E-state index in [9.17, 15) is 19.0 Å². The van der Waals surface area contributed by atoms with Crippen molar-refractivity contribution in [2.45, 2.75) is 46.0 Å². The molecule has 0 aliphatic carbocycles. The van der Waals surface area contributed by atoms with Gasteiger partial charge in [0.1, 0.15) is 12.0 Å². The van der Waals surface area contributed by atoms with Gasteiger partial charge in [0.05, 0.1) is 5.56 Å². The molecule has 0 heterocycles. The number of aliphatic hydroxyl groups excluding tert-OH is 1. The number of rotatable bonds is 4. The predicted molar refractivity (Wildman–Crippen MR) is 65.1 cm³/mol. The number of halogens is 2. The average molecular weight is 259 g/mol. The summed E-state index contributed by atoms with van der Waals surface area (Å²) in [6.45, 7) is 7.32. The van der Waals surface area contributed by atoms with E-state index in [1.807, 2.05) is 27.7 Å². The molecule has 0 fully saturated rings. The Labute approximate surface area is 106 Å². The minimum absolute atomic E-state index is 0.0814. The van der Waals surface area contributed by atoms with Crippen molar-refractivity contribution in [3.8, 4) is 5.75 Å². The van der Waals surface area contributed by atoms with Crippen LogP contribution in [0.1, 0.15) is 39.5 Å². The van der Waals surface area contributed by atoms with E-state index >= 15 is 0 Å². The summed E-state index contributed by atoms with van der Waals surface area (Å²) in [6.07, 6.45) is -1.39. The van der Waals surface area contributed by atoms with Gasteiger partial charge in [0, 0.05) is 12.1 Å². The summed E-state index contributed by atoms with van der Waals surface area (Å²) in [5, 5.41) is 19.8. The van der Waals surface area contributed by atoms with Gasteiger partial charge in [0.25, 0.3) is 0 Å². The number of benzene rings is 1. The molecule has 0 amide bonds. The summed E-state index contributed by atoms with van der Waals surface area (Å²) in [4.78, 5) is 1.58. The standard InChI is InChI=1S/C13H19F2NO2/c1-7(2)16(8(3)4)13(18)11-10(17)6-5-9(14)12(11)15/h5-8,13,17-18H,1-4H3. The zero-order valence-electron chi connectivity index (χ0n) is 11.0. The van der Waals surface area contributed by atoms with Crippen molar-refractivity contribution in [3.05, 3.63) is 29.3 Å². The maximum Gasteiger partial charge on any atom is 0.169 e. The van der Waals surface area contributed by atoms with Crippen molar-refractivity contribution >= 4 is 0 Å². The fourth-order valence-electron chi connectivity index (χ4n) is 2.11. The number of aliphatic hydroxyl groups is 1. The Morgan fingerprint density at radius 3 is 2.00 bits per heavy atom. The van der Waals surface area contributed by atoms with Crippen molar-refractivity contribution in [1.82, 2.24) is 4.90 Å². The Balaban J connectivity index is 3.24. The minimum Gasteiger partial charge on any atom is -0.507 e. The summed E-state index contributed by atoms with van der Waals surface area (Å²) in [5.41, 5.74) is -0.419. The van der Waals surface area contributed by atoms with E-state index in [1.54, 1.807) is 4.90 Å². The molecule has 0 saturated heterocycles. The third kappa shape index (κ3) is 2.79. The Morgan fingerprint density at radius 1 is 1.06 bits per heavy atom. The summed E-state index contributed by atoms with van der Waals surface area (Å²) >= 11 is 0. The molecule has 0 radical (unpaired) electrons. The van der Waals surface area contributed by atoms with E-state index in [0.29, 0.717) is 0 Å². The molecule has 1 unspecified atom stereocenters. The molecular weight excluding hydrogens is 240 g/mol. The number of nitrogens with zero attached hydrogens (tertiary/aromatic N) is 1. The van der Waals surface area contributed by atoms with Crippen LogP contribution in [0.25, 0.3) is 0 Å². The summed E-state index contributed by atoms with van der Waals surface area (Å²) in [7, 11) is 0. The summed E-state index contributed by atoms with van der Waals surface area (Å²) < 4.78 is 26.8. The highest BCUT2D eigenvalue weighted by Gasteiger charge is 2.29. The third-order valence-electron chi connectivity index (χ3n) is 2.84. The number of aromatic hydroxyl groups is 1. The van der Waals surface area contributed by atoms with Crippen LogP contribution in [-0.2, 0) is 0 Å². The Hall–Kier alpha value is -1.20. The Bertz CT molecular complexity index is 414. The Kier molecular flexibility index (Phi) is 4.65. The molecule has 18 heavy (non-hydrogen) atoms. The molecular formula is C13H19F2NO2. The fraction of sp³-hybridized carbons (Fsp3) is 0.538. The van der Waals surface area contributed by atoms with Crippen LogP contribution < -0.4 is 0 Å². The Morgan fingerprint density at radius 2 is 1.56 bits per heavy atom. The van der Waals surface area contributed by atoms with Crippen LogP contribution in [0.2, 0.25) is 0 Å². The normalized spacial score (nSPS) is 13.7. The van der Waals surface area contributed by atoms with E-state index in [-0.39, 0.29) is 12.1 Å². The van der Waals surface area contributed by atoms with Crippen LogP contribution in [0.3, 0.4) is 0 Å². The van der Waals surface area contributed by atoms with Crippen molar-refractivity contribution < 1.29 is 19.0 Å². The first-order valence-electron chi connectivity index (χ1n) is 5.89. The molecule has 3 nitrogen and oxygen atoms in total. The van der Waals surface area contributed by atoms with Crippen molar-refractivity contribution in [2.24, 2.45) is 0 Å². The van der Waals surface area contributed by atoms with Gasteiger partial charge in [-0.25, -0.2) is 8.78 Å². The van der Waals surface area contributed by atoms with Gasteiger partial charge in [-0.1, -0.05) is 0 Å². The lowest BCUT2D eigenvalue weighted by Gasteiger charge is -2.35. The molecule has 1 aromatic carbocycles. The first-order chi connectivity index (χ1) is 8.27. The highest BCUT2D eigenvalue weighted by Crippen LogP contribution is 2.32. The maximum absolute atomic E-state index is 13.7. The molecule has 2 N–H and O–H groups in total. The van der Waals surface area contributed by atoms with Gasteiger partial charge < -0.3 is 10.2 Å². The first-order valence-corrected chi connectivity index (χ1v) is 5.89. The largest absolute Gasteiger partial charge is 0.507 e. The minimum atomic E-state index is -1.39. The van der Waals surface area contributed by atoms with Gasteiger partial charge in [-0.15, -0.1) is 0 Å². The van der Waals surface area contributed by atoms with Crippen molar-refractivity contribution in [1.29, 1.82) is 0 Å². The molecule has 0 spiro atoms. The molecule has 0 bridgehead atoms. The molecule has 1 aromatic rings. The van der Waals surface area contributed by atoms with E-state index in [2.05, 4.69) is 0 Å². The van der Waals surface area contributed by atoms with Gasteiger partial charge in [0.2, 0.25) is 0 Å². The lowest BCUT2D eigenvalue weighted by Crippen LogP contribution is -2.40. The van der Waals surface area contributed by atoms with Gasteiger partial charge in [-0.05, 0) is 39.8 Å². The molecule has 1 rings (SSSR count). The van der Waals surface area contributed by atoms with Crippen LogP contribution in [-0.4, -0.2) is 27.2 Å². The predicted octanol–water partition coefficient (Wildman–Crippen LogP) is 2.78. The number of hydrogen-bond donors (Lipinski definition) is 2. The lowest BCUT2D eigenvalue weighted by atomic mass is 10.1. The van der Waals surface area contributed by atoms with Gasteiger partial charge in [0.15, 0.2) is 11.6 Å². The summed E-state index contributed by atoms with van der Waals surface area (Å²) in [6, 6.07) is 1.70. The second kappa shape index (κ2) is 5.63. The van der Waals surface area contributed by atoms with Crippen molar-refractivity contribution in [2.75, 3.05) is 0 Å². The quantitative estimate of drug-likeness (QED) is 0.817. The zero-order valence-corrected chi connectivity index (χ0v) is 11.0. The second-order valence-corrected chi connectivity index (χ2v) is 4.80. The molecule has 0 aliphatic heterocycles. The lowest BCUT2D eigenvalue weighted by molar-refractivity contribution is -0.0430. The second-order valence-electron chi connectivity index (χ2n) is 4.80. The van der Waals surface area contributed by atoms with E-state index < -0.39 is 29.2 Å². The van der Waals surface area contributed by atoms with Crippen LogP contribution >= 0.6 is 0 Å². The van der Waals surface area contributed by atoms with Crippen LogP contribution in [0.4, 0.5) is 8.78 Å². The van der Waals surface area contributed by atoms with Crippen molar-refractivity contribution in [3.63, 3.8) is 0 Å². The van der Waals surface area contributed by atoms with Crippen LogP contribution in [0.5, 0.6) is 5.75 Å². The SMILES string of the molecule is CC(C)N(C(C)C)C(O)c1c(O)ccc(F)c1F. The number of phenols is 1. The number of phenolic OH excluding ortho intramolecular Hbond substituents is 1. The van der Waals surface area contributed by atoms with E-state index in [0.717, 1.165) is 12.1 Å². The molecule has 5 heteroatoms. The first kappa shape index (κ1) is 14.9. The van der Waals surface area contributed by atoms with E-state index in [1.165, 1.54) is 0 Å². The van der Waals surface area contributed by atoms with Gasteiger partial charge >= 0.3 is 0 Å². The van der Waals surface area contributed by atoms with E-state index in [4.69, 9.17) is 0 Å². The molecule has 1 atom stereocenters. The highest BCUT2D eigenvalue weighted by atomic mass is 19.2. The monoisotopic (exact) mass is 259 g/mol. The third-order valence-corrected chi connectivity index (χ3v) is 2.84. The average Bonchev–Trinajstić information content (AvgIpc) is 2.23.